The van der Waals surface area contributed by atoms with Gasteiger partial charge in [-0.1, -0.05) is 42.6 Å². The molecule has 9 heteroatoms. The minimum Gasteiger partial charge on any atom is -0.327 e. The molecule has 1 aliphatic heterocycles. The molecule has 1 aromatic heterocycles. The Morgan fingerprint density at radius 1 is 1.16 bits per heavy atom. The summed E-state index contributed by atoms with van der Waals surface area (Å²) in [6.07, 6.45) is 1.60. The number of aromatic amines is 1. The third-order valence-electron chi connectivity index (χ3n) is 4.04. The van der Waals surface area contributed by atoms with E-state index in [9.17, 15) is 14.4 Å². The van der Waals surface area contributed by atoms with Crippen LogP contribution >= 0.6 is 23.2 Å². The normalized spacial score (nSPS) is 16.1. The topological polar surface area (TPSA) is 96.0 Å². The number of fused-ring (bicyclic) bond motifs is 1. The molecule has 0 saturated carbocycles. The lowest BCUT2D eigenvalue weighted by molar-refractivity contribution is 0.248. The van der Waals surface area contributed by atoms with Crippen LogP contribution in [0.5, 0.6) is 0 Å². The van der Waals surface area contributed by atoms with Gasteiger partial charge in [0.1, 0.15) is 5.82 Å². The van der Waals surface area contributed by atoms with Crippen LogP contribution in [0.1, 0.15) is 36.9 Å². The van der Waals surface area contributed by atoms with Gasteiger partial charge in [-0.2, -0.15) is 0 Å². The molecule has 2 aromatic rings. The zero-order valence-corrected chi connectivity index (χ0v) is 14.9. The second kappa shape index (κ2) is 6.93. The van der Waals surface area contributed by atoms with Gasteiger partial charge in [-0.25, -0.2) is 9.59 Å². The van der Waals surface area contributed by atoms with Crippen LogP contribution in [0.3, 0.4) is 0 Å². The number of unbranched alkanes of at least 4 members (excludes halogenated alkanes) is 1. The first-order valence-corrected chi connectivity index (χ1v) is 8.57. The maximum Gasteiger partial charge on any atom is 0.329 e. The molecule has 1 aromatic carbocycles. The standard InChI is InChI=1S/C16H16Cl2N4O3/c1-2-3-6-22-13-11(14(23)21-16(22)25)12(19-15(24)20-13)8-4-5-9(17)10(18)7-8/h4-5,7,12H,2-3,6H2,1H3,(H2,19,20,24)(H,21,23,25). The number of hydrogen-bond donors (Lipinski definition) is 3. The SMILES string of the molecule is CCCCn1c2c(c(=O)[nH]c1=O)C(c1ccc(Cl)c(Cl)c1)NC(=O)N2. The number of anilines is 1. The van der Waals surface area contributed by atoms with Crippen LogP contribution in [0, 0.1) is 0 Å². The van der Waals surface area contributed by atoms with E-state index in [-0.39, 0.29) is 11.4 Å². The van der Waals surface area contributed by atoms with Crippen LogP contribution in [-0.2, 0) is 6.54 Å². The van der Waals surface area contributed by atoms with Crippen LogP contribution < -0.4 is 21.9 Å². The van der Waals surface area contributed by atoms with Crippen molar-refractivity contribution in [1.82, 2.24) is 14.9 Å². The van der Waals surface area contributed by atoms with Crippen molar-refractivity contribution in [3.63, 3.8) is 0 Å². The van der Waals surface area contributed by atoms with Crippen molar-refractivity contribution >= 4 is 35.1 Å². The van der Waals surface area contributed by atoms with Gasteiger partial charge in [0.05, 0.1) is 21.7 Å². The highest BCUT2D eigenvalue weighted by Gasteiger charge is 2.31. The first-order valence-electron chi connectivity index (χ1n) is 7.81. The number of hydrogen-bond acceptors (Lipinski definition) is 3. The Labute approximate surface area is 153 Å². The molecule has 132 valence electrons. The molecule has 7 nitrogen and oxygen atoms in total. The lowest BCUT2D eigenvalue weighted by atomic mass is 9.98. The molecule has 1 unspecified atom stereocenters. The van der Waals surface area contributed by atoms with Crippen LogP contribution in [0.25, 0.3) is 0 Å². The van der Waals surface area contributed by atoms with Gasteiger partial charge in [0.2, 0.25) is 0 Å². The fourth-order valence-corrected chi connectivity index (χ4v) is 3.11. The Balaban J connectivity index is 2.20. The fraction of sp³-hybridized carbons (Fsp3) is 0.312. The van der Waals surface area contributed by atoms with Crippen LogP contribution in [0.2, 0.25) is 10.0 Å². The molecule has 2 amide bonds. The van der Waals surface area contributed by atoms with Gasteiger partial charge in [-0.05, 0) is 24.1 Å². The van der Waals surface area contributed by atoms with E-state index in [0.717, 1.165) is 12.8 Å². The Kier molecular flexibility index (Phi) is 4.87. The number of halogens is 2. The Morgan fingerprint density at radius 3 is 2.60 bits per heavy atom. The van der Waals surface area contributed by atoms with Crippen molar-refractivity contribution in [3.8, 4) is 0 Å². The van der Waals surface area contributed by atoms with E-state index < -0.39 is 23.3 Å². The smallest absolute Gasteiger partial charge is 0.327 e. The van der Waals surface area contributed by atoms with Gasteiger partial charge in [-0.15, -0.1) is 0 Å². The molecular formula is C16H16Cl2N4O3. The molecule has 0 radical (unpaired) electrons. The second-order valence-corrected chi connectivity index (χ2v) is 6.55. The maximum atomic E-state index is 12.4. The first kappa shape index (κ1) is 17.6. The average Bonchev–Trinajstić information content (AvgIpc) is 2.56. The molecule has 2 heterocycles. The predicted molar refractivity (Wildman–Crippen MR) is 96.7 cm³/mol. The minimum atomic E-state index is -0.740. The van der Waals surface area contributed by atoms with E-state index in [1.54, 1.807) is 18.2 Å². The third kappa shape index (κ3) is 3.29. The van der Waals surface area contributed by atoms with Gasteiger partial charge < -0.3 is 5.32 Å². The average molecular weight is 383 g/mol. The zero-order valence-electron chi connectivity index (χ0n) is 13.4. The Bertz CT molecular complexity index is 951. The quantitative estimate of drug-likeness (QED) is 0.758. The summed E-state index contributed by atoms with van der Waals surface area (Å²) in [7, 11) is 0. The van der Waals surface area contributed by atoms with Crippen LogP contribution in [0.4, 0.5) is 10.6 Å². The highest BCUT2D eigenvalue weighted by Crippen LogP contribution is 2.32. The molecular weight excluding hydrogens is 367 g/mol. The van der Waals surface area contributed by atoms with Crippen molar-refractivity contribution < 1.29 is 4.79 Å². The summed E-state index contributed by atoms with van der Waals surface area (Å²) in [5, 5.41) is 5.95. The van der Waals surface area contributed by atoms with Crippen molar-refractivity contribution in [2.75, 3.05) is 5.32 Å². The summed E-state index contributed by atoms with van der Waals surface area (Å²) >= 11 is 12.0. The lowest BCUT2D eigenvalue weighted by Crippen LogP contribution is -2.46. The first-order chi connectivity index (χ1) is 11.9. The molecule has 1 aliphatic rings. The number of rotatable bonds is 4. The Hall–Kier alpha value is -2.25. The summed E-state index contributed by atoms with van der Waals surface area (Å²) in [5.74, 6) is 0.210. The lowest BCUT2D eigenvalue weighted by Gasteiger charge is -2.28. The number of nitrogens with zero attached hydrogens (tertiary/aromatic N) is 1. The van der Waals surface area contributed by atoms with Crippen molar-refractivity contribution in [1.29, 1.82) is 0 Å². The molecule has 0 bridgehead atoms. The summed E-state index contributed by atoms with van der Waals surface area (Å²) in [6, 6.07) is 3.61. The van der Waals surface area contributed by atoms with E-state index in [0.29, 0.717) is 22.2 Å². The predicted octanol–water partition coefficient (Wildman–Crippen LogP) is 2.87. The molecule has 0 spiro atoms. The van der Waals surface area contributed by atoms with Gasteiger partial charge in [0.25, 0.3) is 5.56 Å². The van der Waals surface area contributed by atoms with Crippen molar-refractivity contribution in [2.45, 2.75) is 32.4 Å². The fourth-order valence-electron chi connectivity index (χ4n) is 2.81. The van der Waals surface area contributed by atoms with E-state index in [2.05, 4.69) is 15.6 Å². The molecule has 0 aliphatic carbocycles. The van der Waals surface area contributed by atoms with Gasteiger partial charge in [0, 0.05) is 6.54 Å². The number of carbonyl (C=O) groups excluding carboxylic acids is 1. The minimum absolute atomic E-state index is 0.210. The van der Waals surface area contributed by atoms with E-state index in [1.807, 2.05) is 6.92 Å². The number of aromatic nitrogens is 2. The summed E-state index contributed by atoms with van der Waals surface area (Å²) in [6.45, 7) is 2.38. The van der Waals surface area contributed by atoms with Gasteiger partial charge in [0.15, 0.2) is 0 Å². The number of benzene rings is 1. The number of H-pyrrole nitrogens is 1. The van der Waals surface area contributed by atoms with Gasteiger partial charge in [-0.3, -0.25) is 19.7 Å². The number of amides is 2. The summed E-state index contributed by atoms with van der Waals surface area (Å²) < 4.78 is 1.38. The molecule has 3 rings (SSSR count). The highest BCUT2D eigenvalue weighted by atomic mass is 35.5. The van der Waals surface area contributed by atoms with E-state index >= 15 is 0 Å². The maximum absolute atomic E-state index is 12.4. The second-order valence-electron chi connectivity index (χ2n) is 5.73. The number of nitrogens with one attached hydrogen (secondary N) is 3. The monoisotopic (exact) mass is 382 g/mol. The van der Waals surface area contributed by atoms with Crippen molar-refractivity contribution in [3.05, 3.63) is 60.2 Å². The largest absolute Gasteiger partial charge is 0.329 e. The number of carbonyl (C=O) groups is 1. The van der Waals surface area contributed by atoms with E-state index in [4.69, 9.17) is 23.2 Å². The van der Waals surface area contributed by atoms with Crippen LogP contribution in [0.15, 0.2) is 27.8 Å². The highest BCUT2D eigenvalue weighted by molar-refractivity contribution is 6.42. The van der Waals surface area contributed by atoms with Gasteiger partial charge >= 0.3 is 11.7 Å². The molecule has 25 heavy (non-hydrogen) atoms. The molecule has 1 atom stereocenters. The summed E-state index contributed by atoms with van der Waals surface area (Å²) in [5.41, 5.74) is -0.256. The molecule has 0 saturated heterocycles. The molecule has 3 N–H and O–H groups in total. The van der Waals surface area contributed by atoms with Crippen LogP contribution in [-0.4, -0.2) is 15.6 Å². The summed E-state index contributed by atoms with van der Waals surface area (Å²) in [4.78, 5) is 39.0. The number of urea groups is 1. The zero-order chi connectivity index (χ0) is 18.1. The van der Waals surface area contributed by atoms with E-state index in [1.165, 1.54) is 4.57 Å². The molecule has 0 fully saturated rings. The van der Waals surface area contributed by atoms with Crippen molar-refractivity contribution in [2.24, 2.45) is 0 Å². The third-order valence-corrected chi connectivity index (χ3v) is 4.78. The Morgan fingerprint density at radius 2 is 1.92 bits per heavy atom.